The van der Waals surface area contributed by atoms with Crippen LogP contribution < -0.4 is 9.46 Å². The van der Waals surface area contributed by atoms with Crippen LogP contribution in [-0.4, -0.2) is 25.7 Å². The largest absolute Gasteiger partial charge is 0.496 e. The van der Waals surface area contributed by atoms with Gasteiger partial charge in [0.05, 0.1) is 18.2 Å². The number of nitrogens with one attached hydrogen (secondary N) is 2. The maximum absolute atomic E-state index is 12.3. The number of benzene rings is 1. The number of hydrogen-bond donors (Lipinski definition) is 2. The van der Waals surface area contributed by atoms with Crippen LogP contribution in [0, 0.1) is 13.8 Å². The Labute approximate surface area is 111 Å². The van der Waals surface area contributed by atoms with Crippen molar-refractivity contribution in [2.45, 2.75) is 18.7 Å². The molecule has 7 heteroatoms. The third kappa shape index (κ3) is 2.70. The first-order chi connectivity index (χ1) is 8.94. The van der Waals surface area contributed by atoms with E-state index in [9.17, 15) is 8.42 Å². The number of H-pyrrole nitrogens is 1. The van der Waals surface area contributed by atoms with Crippen molar-refractivity contribution < 1.29 is 13.2 Å². The summed E-state index contributed by atoms with van der Waals surface area (Å²) in [6, 6.07) is 4.84. The Morgan fingerprint density at radius 1 is 1.26 bits per heavy atom. The highest BCUT2D eigenvalue weighted by Gasteiger charge is 2.19. The minimum atomic E-state index is -3.64. The fourth-order valence-electron chi connectivity index (χ4n) is 1.79. The summed E-state index contributed by atoms with van der Waals surface area (Å²) in [6.07, 6.45) is 1.48. The summed E-state index contributed by atoms with van der Waals surface area (Å²) in [4.78, 5) is 0.223. The van der Waals surface area contributed by atoms with Crippen LogP contribution in [-0.2, 0) is 10.0 Å². The Hall–Kier alpha value is -2.02. The summed E-state index contributed by atoms with van der Waals surface area (Å²) in [6.45, 7) is 3.52. The standard InChI is InChI=1S/C12H15N3O3S/c1-8-7-11(9(2)6-10(8)18-3)19(16,17)15-12-4-5-13-14-12/h4-7H,1-3H3,(H2,13,14,15). The Morgan fingerprint density at radius 2 is 2.00 bits per heavy atom. The molecule has 0 bridgehead atoms. The first kappa shape index (κ1) is 13.4. The minimum absolute atomic E-state index is 0.223. The predicted molar refractivity (Wildman–Crippen MR) is 71.9 cm³/mol. The normalized spacial score (nSPS) is 11.3. The van der Waals surface area contributed by atoms with Gasteiger partial charge in [0.1, 0.15) is 11.6 Å². The van der Waals surface area contributed by atoms with Crippen molar-refractivity contribution in [2.75, 3.05) is 11.8 Å². The van der Waals surface area contributed by atoms with Crippen molar-refractivity contribution in [1.82, 2.24) is 10.2 Å². The molecule has 0 aliphatic rings. The summed E-state index contributed by atoms with van der Waals surface area (Å²) in [5.74, 6) is 0.992. The monoisotopic (exact) mass is 281 g/mol. The van der Waals surface area contributed by atoms with E-state index in [1.807, 2.05) is 0 Å². The number of sulfonamides is 1. The van der Waals surface area contributed by atoms with Crippen molar-refractivity contribution in [1.29, 1.82) is 0 Å². The number of aromatic amines is 1. The molecule has 2 N–H and O–H groups in total. The van der Waals surface area contributed by atoms with Gasteiger partial charge in [-0.3, -0.25) is 9.82 Å². The van der Waals surface area contributed by atoms with Gasteiger partial charge in [-0.05, 0) is 37.1 Å². The molecule has 0 saturated carbocycles. The topological polar surface area (TPSA) is 84.1 Å². The molecule has 6 nitrogen and oxygen atoms in total. The van der Waals surface area contributed by atoms with Crippen LogP contribution >= 0.6 is 0 Å². The van der Waals surface area contributed by atoms with E-state index in [-0.39, 0.29) is 4.90 Å². The van der Waals surface area contributed by atoms with Gasteiger partial charge in [-0.1, -0.05) is 0 Å². The number of rotatable bonds is 4. The molecule has 0 radical (unpaired) electrons. The molecule has 0 aliphatic heterocycles. The van der Waals surface area contributed by atoms with E-state index < -0.39 is 10.0 Å². The Morgan fingerprint density at radius 3 is 2.58 bits per heavy atom. The van der Waals surface area contributed by atoms with Gasteiger partial charge < -0.3 is 4.74 Å². The second-order valence-corrected chi connectivity index (χ2v) is 5.81. The molecule has 0 aliphatic carbocycles. The van der Waals surface area contributed by atoms with E-state index in [4.69, 9.17) is 4.74 Å². The summed E-state index contributed by atoms with van der Waals surface area (Å²) in [5.41, 5.74) is 1.38. The number of aryl methyl sites for hydroxylation is 2. The van der Waals surface area contributed by atoms with Gasteiger partial charge in [-0.25, -0.2) is 8.42 Å². The lowest BCUT2D eigenvalue weighted by molar-refractivity contribution is 0.411. The van der Waals surface area contributed by atoms with Crippen LogP contribution in [0.15, 0.2) is 29.3 Å². The highest BCUT2D eigenvalue weighted by atomic mass is 32.2. The number of hydrogen-bond acceptors (Lipinski definition) is 4. The van der Waals surface area contributed by atoms with Crippen molar-refractivity contribution in [2.24, 2.45) is 0 Å². The van der Waals surface area contributed by atoms with Gasteiger partial charge in [0, 0.05) is 6.07 Å². The molecule has 1 aromatic heterocycles. The average Bonchev–Trinajstić information content (AvgIpc) is 2.83. The van der Waals surface area contributed by atoms with Gasteiger partial charge in [-0.2, -0.15) is 5.10 Å². The van der Waals surface area contributed by atoms with E-state index in [0.717, 1.165) is 5.56 Å². The maximum Gasteiger partial charge on any atom is 0.263 e. The molecular weight excluding hydrogens is 266 g/mol. The lowest BCUT2D eigenvalue weighted by Crippen LogP contribution is -2.15. The predicted octanol–water partition coefficient (Wildman–Crippen LogP) is 1.84. The van der Waals surface area contributed by atoms with Crippen LogP contribution in [0.25, 0.3) is 0 Å². The molecule has 0 spiro atoms. The molecule has 0 unspecified atom stereocenters. The lowest BCUT2D eigenvalue weighted by atomic mass is 10.1. The van der Waals surface area contributed by atoms with E-state index >= 15 is 0 Å². The number of aromatic nitrogens is 2. The molecule has 1 heterocycles. The molecule has 102 valence electrons. The molecule has 0 fully saturated rings. The number of nitrogens with zero attached hydrogens (tertiary/aromatic N) is 1. The zero-order valence-corrected chi connectivity index (χ0v) is 11.7. The number of ether oxygens (including phenoxy) is 1. The van der Waals surface area contributed by atoms with Crippen LogP contribution in [0.2, 0.25) is 0 Å². The number of anilines is 1. The summed E-state index contributed by atoms with van der Waals surface area (Å²) in [5, 5.41) is 6.25. The summed E-state index contributed by atoms with van der Waals surface area (Å²) in [7, 11) is -2.08. The SMILES string of the molecule is COc1cc(C)c(S(=O)(=O)Nc2ccn[nH]2)cc1C. The molecule has 0 atom stereocenters. The highest BCUT2D eigenvalue weighted by molar-refractivity contribution is 7.92. The van der Waals surface area contributed by atoms with Gasteiger partial charge >= 0.3 is 0 Å². The molecule has 0 amide bonds. The first-order valence-corrected chi connectivity index (χ1v) is 7.10. The van der Waals surface area contributed by atoms with Crippen LogP contribution in [0.4, 0.5) is 5.82 Å². The summed E-state index contributed by atoms with van der Waals surface area (Å²) < 4.78 is 32.1. The third-order valence-corrected chi connectivity index (χ3v) is 4.23. The fourth-order valence-corrected chi connectivity index (χ4v) is 3.11. The van der Waals surface area contributed by atoms with Crippen molar-refractivity contribution >= 4 is 15.8 Å². The highest BCUT2D eigenvalue weighted by Crippen LogP contribution is 2.26. The molecular formula is C12H15N3O3S. The van der Waals surface area contributed by atoms with Crippen molar-refractivity contribution in [3.05, 3.63) is 35.5 Å². The van der Waals surface area contributed by atoms with Gasteiger partial charge in [0.2, 0.25) is 0 Å². The molecule has 0 saturated heterocycles. The Balaban J connectivity index is 2.43. The molecule has 1 aromatic carbocycles. The summed E-state index contributed by atoms with van der Waals surface area (Å²) >= 11 is 0. The van der Waals surface area contributed by atoms with Crippen LogP contribution in [0.5, 0.6) is 5.75 Å². The maximum atomic E-state index is 12.3. The molecule has 2 rings (SSSR count). The quantitative estimate of drug-likeness (QED) is 0.895. The van der Waals surface area contributed by atoms with Gasteiger partial charge in [0.15, 0.2) is 0 Å². The third-order valence-electron chi connectivity index (χ3n) is 2.73. The smallest absolute Gasteiger partial charge is 0.263 e. The average molecular weight is 281 g/mol. The minimum Gasteiger partial charge on any atom is -0.496 e. The fraction of sp³-hybridized carbons (Fsp3) is 0.250. The van der Waals surface area contributed by atoms with Gasteiger partial charge in [-0.15, -0.1) is 0 Å². The second kappa shape index (κ2) is 4.93. The lowest BCUT2D eigenvalue weighted by Gasteiger charge is -2.12. The van der Waals surface area contributed by atoms with E-state index in [1.165, 1.54) is 6.20 Å². The van der Waals surface area contributed by atoms with Crippen LogP contribution in [0.1, 0.15) is 11.1 Å². The zero-order chi connectivity index (χ0) is 14.0. The van der Waals surface area contributed by atoms with Gasteiger partial charge in [0.25, 0.3) is 10.0 Å². The Bertz CT molecular complexity index is 678. The Kier molecular flexibility index (Phi) is 3.48. The zero-order valence-electron chi connectivity index (χ0n) is 10.9. The molecule has 2 aromatic rings. The second-order valence-electron chi connectivity index (χ2n) is 4.16. The first-order valence-electron chi connectivity index (χ1n) is 5.61. The molecule has 19 heavy (non-hydrogen) atoms. The van der Waals surface area contributed by atoms with Crippen LogP contribution in [0.3, 0.4) is 0 Å². The van der Waals surface area contributed by atoms with Crippen molar-refractivity contribution in [3.8, 4) is 5.75 Å². The van der Waals surface area contributed by atoms with Crippen molar-refractivity contribution in [3.63, 3.8) is 0 Å². The van der Waals surface area contributed by atoms with E-state index in [2.05, 4.69) is 14.9 Å². The van der Waals surface area contributed by atoms with E-state index in [1.54, 1.807) is 39.2 Å². The number of methoxy groups -OCH3 is 1. The van der Waals surface area contributed by atoms with E-state index in [0.29, 0.717) is 17.1 Å².